The molecule has 0 radical (unpaired) electrons. The van der Waals surface area contributed by atoms with Crippen LogP contribution in [-0.4, -0.2) is 25.5 Å². The molecular weight excluding hydrogens is 236 g/mol. The minimum absolute atomic E-state index is 0.0777. The van der Waals surface area contributed by atoms with Gasteiger partial charge in [0.15, 0.2) is 0 Å². The lowest BCUT2D eigenvalue weighted by Crippen LogP contribution is -2.32. The largest absolute Gasteiger partial charge is 0.356 e. The van der Waals surface area contributed by atoms with Crippen LogP contribution in [0.2, 0.25) is 5.02 Å². The molecule has 1 aromatic carbocycles. The number of amides is 1. The summed E-state index contributed by atoms with van der Waals surface area (Å²) in [5.74, 6) is 0.0777. The first-order valence-electron chi connectivity index (χ1n) is 5.80. The van der Waals surface area contributed by atoms with E-state index in [4.69, 9.17) is 11.6 Å². The molecule has 0 aliphatic heterocycles. The number of benzene rings is 1. The van der Waals surface area contributed by atoms with Crippen molar-refractivity contribution >= 4 is 17.5 Å². The summed E-state index contributed by atoms with van der Waals surface area (Å²) < 4.78 is 0. The lowest BCUT2D eigenvalue weighted by molar-refractivity contribution is -0.121. The first-order chi connectivity index (χ1) is 8.11. The van der Waals surface area contributed by atoms with E-state index in [2.05, 4.69) is 10.6 Å². The second-order valence-electron chi connectivity index (χ2n) is 4.12. The second kappa shape index (κ2) is 7.30. The van der Waals surface area contributed by atoms with Gasteiger partial charge in [0.1, 0.15) is 0 Å². The van der Waals surface area contributed by atoms with E-state index in [9.17, 15) is 4.79 Å². The Bertz CT molecular complexity index is 368. The third kappa shape index (κ3) is 5.71. The fraction of sp³-hybridized carbons (Fsp3) is 0.462. The Morgan fingerprint density at radius 2 is 2.24 bits per heavy atom. The SMILES string of the molecule is CNC(C)CC(=O)NCCc1cccc(Cl)c1. The Kier molecular flexibility index (Phi) is 6.01. The number of carbonyl (C=O) groups is 1. The third-order valence-electron chi connectivity index (χ3n) is 2.61. The van der Waals surface area contributed by atoms with E-state index >= 15 is 0 Å². The summed E-state index contributed by atoms with van der Waals surface area (Å²) in [5, 5.41) is 6.66. The summed E-state index contributed by atoms with van der Waals surface area (Å²) in [6.07, 6.45) is 1.31. The highest BCUT2D eigenvalue weighted by molar-refractivity contribution is 6.30. The van der Waals surface area contributed by atoms with E-state index in [0.717, 1.165) is 17.0 Å². The smallest absolute Gasteiger partial charge is 0.221 e. The molecule has 0 bridgehead atoms. The predicted octanol–water partition coefficient (Wildman–Crippen LogP) is 2.00. The van der Waals surface area contributed by atoms with Crippen molar-refractivity contribution in [3.8, 4) is 0 Å². The fourth-order valence-electron chi connectivity index (χ4n) is 1.49. The van der Waals surface area contributed by atoms with Crippen LogP contribution in [0, 0.1) is 0 Å². The summed E-state index contributed by atoms with van der Waals surface area (Å²) in [6.45, 7) is 2.63. The Hall–Kier alpha value is -1.06. The van der Waals surface area contributed by atoms with Gasteiger partial charge in [0.25, 0.3) is 0 Å². The summed E-state index contributed by atoms with van der Waals surface area (Å²) in [4.78, 5) is 11.5. The molecule has 0 aromatic heterocycles. The number of rotatable bonds is 6. The van der Waals surface area contributed by atoms with E-state index in [1.54, 1.807) is 0 Å². The lowest BCUT2D eigenvalue weighted by atomic mass is 10.1. The number of halogens is 1. The van der Waals surface area contributed by atoms with Crippen LogP contribution in [0.1, 0.15) is 18.9 Å². The van der Waals surface area contributed by atoms with Gasteiger partial charge in [0, 0.05) is 24.0 Å². The molecule has 4 heteroatoms. The van der Waals surface area contributed by atoms with Gasteiger partial charge in [-0.15, -0.1) is 0 Å². The normalized spacial score (nSPS) is 12.2. The zero-order valence-electron chi connectivity index (χ0n) is 10.3. The van der Waals surface area contributed by atoms with Gasteiger partial charge in [-0.3, -0.25) is 4.79 Å². The molecule has 1 aromatic rings. The highest BCUT2D eigenvalue weighted by Crippen LogP contribution is 2.10. The van der Waals surface area contributed by atoms with Crippen LogP contribution in [0.25, 0.3) is 0 Å². The summed E-state index contributed by atoms with van der Waals surface area (Å²) in [5.41, 5.74) is 1.14. The monoisotopic (exact) mass is 254 g/mol. The Balaban J connectivity index is 2.26. The van der Waals surface area contributed by atoms with Crippen LogP contribution < -0.4 is 10.6 Å². The molecule has 1 atom stereocenters. The van der Waals surface area contributed by atoms with Crippen LogP contribution in [0.5, 0.6) is 0 Å². The standard InChI is InChI=1S/C13H19ClN2O/c1-10(15-2)8-13(17)16-7-6-11-4-3-5-12(14)9-11/h3-5,9-10,15H,6-8H2,1-2H3,(H,16,17). The van der Waals surface area contributed by atoms with Crippen LogP contribution in [0.15, 0.2) is 24.3 Å². The van der Waals surface area contributed by atoms with Crippen molar-refractivity contribution in [1.29, 1.82) is 0 Å². The molecule has 1 amide bonds. The van der Waals surface area contributed by atoms with Crippen molar-refractivity contribution in [3.05, 3.63) is 34.9 Å². The molecule has 0 spiro atoms. The van der Waals surface area contributed by atoms with Crippen LogP contribution in [-0.2, 0) is 11.2 Å². The number of hydrogen-bond donors (Lipinski definition) is 2. The minimum atomic E-state index is 0.0777. The molecule has 17 heavy (non-hydrogen) atoms. The molecule has 2 N–H and O–H groups in total. The van der Waals surface area contributed by atoms with Crippen LogP contribution >= 0.6 is 11.6 Å². The topological polar surface area (TPSA) is 41.1 Å². The fourth-order valence-corrected chi connectivity index (χ4v) is 1.70. The van der Waals surface area contributed by atoms with Gasteiger partial charge in [-0.25, -0.2) is 0 Å². The molecular formula is C13H19ClN2O. The van der Waals surface area contributed by atoms with Crippen molar-refractivity contribution in [2.45, 2.75) is 25.8 Å². The van der Waals surface area contributed by atoms with Crippen molar-refractivity contribution in [2.75, 3.05) is 13.6 Å². The highest BCUT2D eigenvalue weighted by Gasteiger charge is 2.05. The molecule has 1 rings (SSSR count). The quantitative estimate of drug-likeness (QED) is 0.815. The molecule has 0 saturated heterocycles. The average Bonchev–Trinajstić information content (AvgIpc) is 2.29. The second-order valence-corrected chi connectivity index (χ2v) is 4.56. The molecule has 94 valence electrons. The van der Waals surface area contributed by atoms with Crippen molar-refractivity contribution < 1.29 is 4.79 Å². The summed E-state index contributed by atoms with van der Waals surface area (Å²) in [6, 6.07) is 7.90. The maximum absolute atomic E-state index is 11.5. The third-order valence-corrected chi connectivity index (χ3v) is 2.84. The van der Waals surface area contributed by atoms with Crippen LogP contribution in [0.4, 0.5) is 0 Å². The molecule has 0 heterocycles. The van der Waals surface area contributed by atoms with E-state index in [1.165, 1.54) is 0 Å². The van der Waals surface area contributed by atoms with Crippen molar-refractivity contribution in [3.63, 3.8) is 0 Å². The van der Waals surface area contributed by atoms with Gasteiger partial charge in [-0.05, 0) is 38.1 Å². The van der Waals surface area contributed by atoms with E-state index in [1.807, 2.05) is 38.2 Å². The Morgan fingerprint density at radius 3 is 2.88 bits per heavy atom. The zero-order valence-corrected chi connectivity index (χ0v) is 11.1. The van der Waals surface area contributed by atoms with Crippen molar-refractivity contribution in [1.82, 2.24) is 10.6 Å². The molecule has 3 nitrogen and oxygen atoms in total. The maximum atomic E-state index is 11.5. The Labute approximate surface area is 108 Å². The average molecular weight is 255 g/mol. The van der Waals surface area contributed by atoms with E-state index < -0.39 is 0 Å². The maximum Gasteiger partial charge on any atom is 0.221 e. The number of hydrogen-bond acceptors (Lipinski definition) is 2. The number of carbonyl (C=O) groups excluding carboxylic acids is 1. The van der Waals surface area contributed by atoms with E-state index in [0.29, 0.717) is 13.0 Å². The predicted molar refractivity (Wildman–Crippen MR) is 71.3 cm³/mol. The minimum Gasteiger partial charge on any atom is -0.356 e. The first kappa shape index (κ1) is 14.0. The van der Waals surface area contributed by atoms with Gasteiger partial charge < -0.3 is 10.6 Å². The molecule has 0 aliphatic carbocycles. The zero-order chi connectivity index (χ0) is 12.7. The first-order valence-corrected chi connectivity index (χ1v) is 6.18. The van der Waals surface area contributed by atoms with Gasteiger partial charge >= 0.3 is 0 Å². The lowest BCUT2D eigenvalue weighted by Gasteiger charge is -2.10. The van der Waals surface area contributed by atoms with Gasteiger partial charge in [-0.1, -0.05) is 23.7 Å². The number of nitrogens with one attached hydrogen (secondary N) is 2. The van der Waals surface area contributed by atoms with Crippen molar-refractivity contribution in [2.24, 2.45) is 0 Å². The van der Waals surface area contributed by atoms with Gasteiger partial charge in [-0.2, -0.15) is 0 Å². The van der Waals surface area contributed by atoms with Crippen LogP contribution in [0.3, 0.4) is 0 Å². The Morgan fingerprint density at radius 1 is 1.47 bits per heavy atom. The highest BCUT2D eigenvalue weighted by atomic mass is 35.5. The summed E-state index contributed by atoms with van der Waals surface area (Å²) in [7, 11) is 1.85. The molecule has 1 unspecified atom stereocenters. The molecule has 0 fully saturated rings. The summed E-state index contributed by atoms with van der Waals surface area (Å²) >= 11 is 5.88. The van der Waals surface area contributed by atoms with E-state index in [-0.39, 0.29) is 11.9 Å². The van der Waals surface area contributed by atoms with Gasteiger partial charge in [0.2, 0.25) is 5.91 Å². The molecule has 0 aliphatic rings. The molecule has 0 saturated carbocycles. The van der Waals surface area contributed by atoms with Gasteiger partial charge in [0.05, 0.1) is 0 Å².